The van der Waals surface area contributed by atoms with Crippen molar-refractivity contribution >= 4 is 12.2 Å². The van der Waals surface area contributed by atoms with Crippen molar-refractivity contribution in [3.63, 3.8) is 0 Å². The van der Waals surface area contributed by atoms with Crippen LogP contribution in [0.5, 0.6) is 0 Å². The molecule has 0 aliphatic carbocycles. The summed E-state index contributed by atoms with van der Waals surface area (Å²) in [6.45, 7) is 5.84. The van der Waals surface area contributed by atoms with Crippen LogP contribution in [0.3, 0.4) is 0 Å². The van der Waals surface area contributed by atoms with E-state index in [9.17, 15) is 0 Å². The molecular formula is C16H15N3. The van der Waals surface area contributed by atoms with Gasteiger partial charge in [0.25, 0.3) is 0 Å². The molecule has 0 atom stereocenters. The predicted octanol–water partition coefficient (Wildman–Crippen LogP) is 3.44. The molecule has 0 N–H and O–H groups in total. The van der Waals surface area contributed by atoms with Crippen LogP contribution in [-0.2, 0) is 0 Å². The van der Waals surface area contributed by atoms with Gasteiger partial charge in [-0.05, 0) is 38.5 Å². The molecule has 0 radical (unpaired) electrons. The van der Waals surface area contributed by atoms with Crippen molar-refractivity contribution in [2.75, 3.05) is 0 Å². The zero-order chi connectivity index (χ0) is 13.8. The largest absolute Gasteiger partial charge is 0.254 e. The molecule has 3 nitrogen and oxygen atoms in total. The molecule has 0 fully saturated rings. The number of nitrogens with zero attached hydrogens (tertiary/aromatic N) is 3. The van der Waals surface area contributed by atoms with Crippen LogP contribution in [-0.4, -0.2) is 9.97 Å². The molecule has 0 amide bonds. The van der Waals surface area contributed by atoms with E-state index in [-0.39, 0.29) is 0 Å². The van der Waals surface area contributed by atoms with Gasteiger partial charge in [0.05, 0.1) is 34.4 Å². The van der Waals surface area contributed by atoms with Crippen LogP contribution in [0.25, 0.3) is 12.2 Å². The van der Waals surface area contributed by atoms with Crippen molar-refractivity contribution in [1.82, 2.24) is 9.97 Å². The summed E-state index contributed by atoms with van der Waals surface area (Å²) in [5.74, 6) is 0. The number of hydrogen-bond acceptors (Lipinski definition) is 3. The van der Waals surface area contributed by atoms with Gasteiger partial charge in [0, 0.05) is 0 Å². The van der Waals surface area contributed by atoms with E-state index in [0.717, 1.165) is 28.3 Å². The average Bonchev–Trinajstić information content (AvgIpc) is 2.41. The second kappa shape index (κ2) is 5.45. The lowest BCUT2D eigenvalue weighted by Gasteiger charge is -2.04. The molecule has 0 saturated heterocycles. The number of benzene rings is 1. The van der Waals surface area contributed by atoms with Gasteiger partial charge in [0.15, 0.2) is 0 Å². The highest BCUT2D eigenvalue weighted by Gasteiger charge is 2.02. The van der Waals surface area contributed by atoms with Crippen LogP contribution in [0, 0.1) is 32.1 Å². The number of nitriles is 1. The number of aromatic nitrogens is 2. The van der Waals surface area contributed by atoms with Crippen LogP contribution in [0.15, 0.2) is 24.3 Å². The molecule has 0 aliphatic rings. The van der Waals surface area contributed by atoms with Crippen LogP contribution in [0.2, 0.25) is 0 Å². The Labute approximate surface area is 113 Å². The van der Waals surface area contributed by atoms with E-state index in [0.29, 0.717) is 5.56 Å². The summed E-state index contributed by atoms with van der Waals surface area (Å²) in [7, 11) is 0. The first-order valence-corrected chi connectivity index (χ1v) is 6.11. The van der Waals surface area contributed by atoms with E-state index >= 15 is 0 Å². The van der Waals surface area contributed by atoms with Gasteiger partial charge in [-0.2, -0.15) is 5.26 Å². The SMILES string of the molecule is Cc1nc(C)c(/C=C/c2ccccc2C#N)nc1C. The summed E-state index contributed by atoms with van der Waals surface area (Å²) >= 11 is 0. The molecule has 94 valence electrons. The molecule has 0 unspecified atom stereocenters. The molecule has 1 aromatic carbocycles. The minimum atomic E-state index is 0.660. The van der Waals surface area contributed by atoms with Crippen LogP contribution < -0.4 is 0 Å². The first-order chi connectivity index (χ1) is 9.11. The van der Waals surface area contributed by atoms with Crippen molar-refractivity contribution in [2.24, 2.45) is 0 Å². The lowest BCUT2D eigenvalue weighted by molar-refractivity contribution is 0.991. The number of aryl methyl sites for hydroxylation is 3. The molecule has 1 aromatic heterocycles. The molecule has 0 saturated carbocycles. The topological polar surface area (TPSA) is 49.6 Å². The fourth-order valence-electron chi connectivity index (χ4n) is 1.80. The van der Waals surface area contributed by atoms with Crippen molar-refractivity contribution in [1.29, 1.82) is 5.26 Å². The average molecular weight is 249 g/mol. The van der Waals surface area contributed by atoms with E-state index in [1.807, 2.05) is 51.1 Å². The lowest BCUT2D eigenvalue weighted by atomic mass is 10.1. The molecule has 19 heavy (non-hydrogen) atoms. The summed E-state index contributed by atoms with van der Waals surface area (Å²) in [5.41, 5.74) is 5.17. The first-order valence-electron chi connectivity index (χ1n) is 6.11. The van der Waals surface area contributed by atoms with E-state index in [2.05, 4.69) is 16.0 Å². The Hall–Kier alpha value is -2.47. The standard InChI is InChI=1S/C16H15N3/c1-11-12(2)19-16(13(3)18-11)9-8-14-6-4-5-7-15(14)10-17/h4-9H,1-3H3/b9-8+. The Morgan fingerprint density at radius 2 is 1.63 bits per heavy atom. The van der Waals surface area contributed by atoms with Crippen molar-refractivity contribution in [2.45, 2.75) is 20.8 Å². The molecule has 1 heterocycles. The van der Waals surface area contributed by atoms with E-state index in [1.165, 1.54) is 0 Å². The quantitative estimate of drug-likeness (QED) is 0.819. The summed E-state index contributed by atoms with van der Waals surface area (Å²) in [4.78, 5) is 8.96. The monoisotopic (exact) mass is 249 g/mol. The maximum atomic E-state index is 9.04. The third-order valence-electron chi connectivity index (χ3n) is 3.02. The lowest BCUT2D eigenvalue weighted by Crippen LogP contribution is -1.98. The highest BCUT2D eigenvalue weighted by molar-refractivity contribution is 5.71. The fraction of sp³-hybridized carbons (Fsp3) is 0.188. The van der Waals surface area contributed by atoms with Gasteiger partial charge in [-0.3, -0.25) is 4.98 Å². The van der Waals surface area contributed by atoms with Crippen molar-refractivity contribution in [3.05, 3.63) is 58.2 Å². The minimum Gasteiger partial charge on any atom is -0.254 e. The van der Waals surface area contributed by atoms with Gasteiger partial charge in [0.1, 0.15) is 0 Å². The molecule has 2 rings (SSSR count). The Bertz CT molecular complexity index is 679. The third-order valence-corrected chi connectivity index (χ3v) is 3.02. The zero-order valence-corrected chi connectivity index (χ0v) is 11.3. The molecule has 0 aliphatic heterocycles. The molecule has 2 aromatic rings. The highest BCUT2D eigenvalue weighted by atomic mass is 14.8. The Balaban J connectivity index is 2.39. The van der Waals surface area contributed by atoms with Gasteiger partial charge in [-0.1, -0.05) is 24.3 Å². The first kappa shape index (κ1) is 13.0. The van der Waals surface area contributed by atoms with Crippen LogP contribution in [0.1, 0.15) is 33.9 Å². The maximum absolute atomic E-state index is 9.04. The van der Waals surface area contributed by atoms with Gasteiger partial charge in [-0.25, -0.2) is 4.98 Å². The Kier molecular flexibility index (Phi) is 3.72. The normalized spacial score (nSPS) is 10.6. The van der Waals surface area contributed by atoms with Gasteiger partial charge in [0.2, 0.25) is 0 Å². The number of hydrogen-bond donors (Lipinski definition) is 0. The minimum absolute atomic E-state index is 0.660. The van der Waals surface area contributed by atoms with Crippen molar-refractivity contribution in [3.8, 4) is 6.07 Å². The van der Waals surface area contributed by atoms with E-state index in [1.54, 1.807) is 6.07 Å². The summed E-state index contributed by atoms with van der Waals surface area (Å²) < 4.78 is 0. The molecule has 0 spiro atoms. The van der Waals surface area contributed by atoms with Gasteiger partial charge in [-0.15, -0.1) is 0 Å². The highest BCUT2D eigenvalue weighted by Crippen LogP contribution is 2.14. The second-order valence-electron chi connectivity index (χ2n) is 4.40. The van der Waals surface area contributed by atoms with Crippen molar-refractivity contribution < 1.29 is 0 Å². The molecular weight excluding hydrogens is 234 g/mol. The summed E-state index contributed by atoms with van der Waals surface area (Å²) in [6, 6.07) is 9.67. The second-order valence-corrected chi connectivity index (χ2v) is 4.40. The van der Waals surface area contributed by atoms with Gasteiger partial charge < -0.3 is 0 Å². The van der Waals surface area contributed by atoms with E-state index < -0.39 is 0 Å². The van der Waals surface area contributed by atoms with Gasteiger partial charge >= 0.3 is 0 Å². The number of rotatable bonds is 2. The Morgan fingerprint density at radius 3 is 2.37 bits per heavy atom. The summed E-state index contributed by atoms with van der Waals surface area (Å²) in [6.07, 6.45) is 3.81. The predicted molar refractivity (Wildman–Crippen MR) is 76.3 cm³/mol. The fourth-order valence-corrected chi connectivity index (χ4v) is 1.80. The molecule has 0 bridgehead atoms. The summed E-state index contributed by atoms with van der Waals surface area (Å²) in [5, 5.41) is 9.04. The molecule has 3 heteroatoms. The zero-order valence-electron chi connectivity index (χ0n) is 11.3. The third kappa shape index (κ3) is 2.86. The van der Waals surface area contributed by atoms with E-state index in [4.69, 9.17) is 5.26 Å². The van der Waals surface area contributed by atoms with Crippen LogP contribution in [0.4, 0.5) is 0 Å². The Morgan fingerprint density at radius 1 is 0.947 bits per heavy atom. The smallest absolute Gasteiger partial charge is 0.0997 e. The van der Waals surface area contributed by atoms with Crippen LogP contribution >= 0.6 is 0 Å². The maximum Gasteiger partial charge on any atom is 0.0997 e.